The van der Waals surface area contributed by atoms with Crippen LogP contribution in [0.2, 0.25) is 0 Å². The molecule has 1 aliphatic heterocycles. The molecule has 0 radical (unpaired) electrons. The maximum absolute atomic E-state index is 9.11. The van der Waals surface area contributed by atoms with Gasteiger partial charge in [-0.25, -0.2) is 0 Å². The van der Waals surface area contributed by atoms with Crippen LogP contribution in [0.15, 0.2) is 0 Å². The molecule has 2 atom stereocenters. The molecule has 1 saturated heterocycles. The summed E-state index contributed by atoms with van der Waals surface area (Å²) in [5, 5.41) is 12.5. The molecule has 1 aliphatic carbocycles. The molecule has 0 spiro atoms. The molecule has 3 heteroatoms. The van der Waals surface area contributed by atoms with Gasteiger partial charge in [-0.2, -0.15) is 0 Å². The van der Waals surface area contributed by atoms with E-state index >= 15 is 0 Å². The zero-order chi connectivity index (χ0) is 9.80. The van der Waals surface area contributed by atoms with Gasteiger partial charge in [-0.3, -0.25) is 4.90 Å². The predicted octanol–water partition coefficient (Wildman–Crippen LogP) is 0.443. The second-order valence-electron chi connectivity index (χ2n) is 4.65. The number of aliphatic hydroxyl groups is 1. The Labute approximate surface area is 86.5 Å². The van der Waals surface area contributed by atoms with Crippen LogP contribution >= 0.6 is 0 Å². The molecule has 0 aromatic rings. The van der Waals surface area contributed by atoms with Crippen LogP contribution in [0.3, 0.4) is 0 Å². The van der Waals surface area contributed by atoms with E-state index in [1.807, 2.05) is 0 Å². The highest BCUT2D eigenvalue weighted by Gasteiger charge is 2.28. The fourth-order valence-electron chi connectivity index (χ4n) is 2.78. The van der Waals surface area contributed by atoms with Gasteiger partial charge in [-0.15, -0.1) is 0 Å². The summed E-state index contributed by atoms with van der Waals surface area (Å²) in [7, 11) is 0. The van der Waals surface area contributed by atoms with Crippen LogP contribution in [-0.4, -0.2) is 48.8 Å². The predicted molar refractivity (Wildman–Crippen MR) is 57.3 cm³/mol. The van der Waals surface area contributed by atoms with Crippen LogP contribution in [0, 0.1) is 5.92 Å². The van der Waals surface area contributed by atoms with Crippen molar-refractivity contribution >= 4 is 0 Å². The zero-order valence-electron chi connectivity index (χ0n) is 8.91. The largest absolute Gasteiger partial charge is 0.396 e. The molecule has 0 bridgehead atoms. The van der Waals surface area contributed by atoms with Gasteiger partial charge >= 0.3 is 0 Å². The molecule has 0 aromatic heterocycles. The minimum atomic E-state index is 0.391. The fourth-order valence-corrected chi connectivity index (χ4v) is 2.78. The van der Waals surface area contributed by atoms with Gasteiger partial charge in [0.15, 0.2) is 0 Å². The van der Waals surface area contributed by atoms with E-state index in [2.05, 4.69) is 10.2 Å². The molecule has 0 amide bonds. The van der Waals surface area contributed by atoms with E-state index in [9.17, 15) is 0 Å². The summed E-state index contributed by atoms with van der Waals surface area (Å²) >= 11 is 0. The SMILES string of the molecule is OCC1CCC(N2CCCNCC2)C1. The van der Waals surface area contributed by atoms with Gasteiger partial charge in [-0.05, 0) is 44.7 Å². The first-order valence-corrected chi connectivity index (χ1v) is 5.96. The number of aliphatic hydroxyl groups excluding tert-OH is 1. The number of rotatable bonds is 2. The summed E-state index contributed by atoms with van der Waals surface area (Å²) in [6.45, 7) is 5.15. The average molecular weight is 198 g/mol. The van der Waals surface area contributed by atoms with Crippen LogP contribution in [0.5, 0.6) is 0 Å². The third kappa shape index (κ3) is 2.47. The van der Waals surface area contributed by atoms with Crippen molar-refractivity contribution in [3.8, 4) is 0 Å². The molecular weight excluding hydrogens is 176 g/mol. The van der Waals surface area contributed by atoms with E-state index in [0.717, 1.165) is 12.6 Å². The molecule has 2 N–H and O–H groups in total. The van der Waals surface area contributed by atoms with Crippen LogP contribution in [0.4, 0.5) is 0 Å². The highest BCUT2D eigenvalue weighted by atomic mass is 16.3. The van der Waals surface area contributed by atoms with Crippen molar-refractivity contribution in [3.05, 3.63) is 0 Å². The summed E-state index contributed by atoms with van der Waals surface area (Å²) in [6, 6.07) is 0.757. The highest BCUT2D eigenvalue weighted by Crippen LogP contribution is 2.29. The summed E-state index contributed by atoms with van der Waals surface area (Å²) in [5.74, 6) is 0.580. The smallest absolute Gasteiger partial charge is 0.0459 e. The molecule has 2 unspecified atom stereocenters. The summed E-state index contributed by atoms with van der Waals surface area (Å²) in [5.41, 5.74) is 0. The molecule has 1 heterocycles. The Balaban J connectivity index is 1.82. The zero-order valence-corrected chi connectivity index (χ0v) is 8.91. The molecule has 1 saturated carbocycles. The molecule has 0 aromatic carbocycles. The fraction of sp³-hybridized carbons (Fsp3) is 1.00. The van der Waals surface area contributed by atoms with Gasteiger partial charge < -0.3 is 10.4 Å². The van der Waals surface area contributed by atoms with E-state index in [-0.39, 0.29) is 0 Å². The molecule has 2 fully saturated rings. The lowest BCUT2D eigenvalue weighted by Crippen LogP contribution is -2.36. The first-order chi connectivity index (χ1) is 6.90. The van der Waals surface area contributed by atoms with Crippen molar-refractivity contribution in [2.24, 2.45) is 5.92 Å². The quantitative estimate of drug-likeness (QED) is 0.676. The van der Waals surface area contributed by atoms with Gasteiger partial charge in [0.1, 0.15) is 0 Å². The molecule has 14 heavy (non-hydrogen) atoms. The van der Waals surface area contributed by atoms with E-state index < -0.39 is 0 Å². The van der Waals surface area contributed by atoms with Crippen LogP contribution in [0.1, 0.15) is 25.7 Å². The first kappa shape index (κ1) is 10.4. The molecular formula is C11H22N2O. The maximum Gasteiger partial charge on any atom is 0.0459 e. The van der Waals surface area contributed by atoms with Gasteiger partial charge in [0.2, 0.25) is 0 Å². The van der Waals surface area contributed by atoms with Gasteiger partial charge in [0.05, 0.1) is 0 Å². The third-order valence-electron chi connectivity index (χ3n) is 3.66. The number of nitrogens with zero attached hydrogens (tertiary/aromatic N) is 1. The lowest BCUT2D eigenvalue weighted by molar-refractivity contribution is 0.188. The number of nitrogens with one attached hydrogen (secondary N) is 1. The second kappa shape index (κ2) is 5.10. The number of hydrogen-bond donors (Lipinski definition) is 2. The van der Waals surface area contributed by atoms with Crippen molar-refractivity contribution in [1.29, 1.82) is 0 Å². The second-order valence-corrected chi connectivity index (χ2v) is 4.65. The molecule has 82 valence electrons. The maximum atomic E-state index is 9.11. The van der Waals surface area contributed by atoms with Crippen molar-refractivity contribution in [1.82, 2.24) is 10.2 Å². The monoisotopic (exact) mass is 198 g/mol. The van der Waals surface area contributed by atoms with Crippen molar-refractivity contribution in [3.63, 3.8) is 0 Å². The van der Waals surface area contributed by atoms with E-state index in [1.54, 1.807) is 0 Å². The molecule has 2 aliphatic rings. The van der Waals surface area contributed by atoms with Crippen LogP contribution in [-0.2, 0) is 0 Å². The standard InChI is InChI=1S/C11H22N2O/c14-9-10-2-3-11(8-10)13-6-1-4-12-5-7-13/h10-12,14H,1-9H2. The number of hydrogen-bond acceptors (Lipinski definition) is 3. The first-order valence-electron chi connectivity index (χ1n) is 5.96. The Bertz CT molecular complexity index is 167. The van der Waals surface area contributed by atoms with Gasteiger partial charge in [0.25, 0.3) is 0 Å². The molecule has 3 nitrogen and oxygen atoms in total. The summed E-state index contributed by atoms with van der Waals surface area (Å²) < 4.78 is 0. The van der Waals surface area contributed by atoms with Crippen molar-refractivity contribution in [2.75, 3.05) is 32.8 Å². The molecule has 2 rings (SSSR count). The Morgan fingerprint density at radius 1 is 1.21 bits per heavy atom. The van der Waals surface area contributed by atoms with Crippen molar-refractivity contribution < 1.29 is 5.11 Å². The lowest BCUT2D eigenvalue weighted by atomic mass is 10.1. The van der Waals surface area contributed by atoms with Gasteiger partial charge in [-0.1, -0.05) is 0 Å². The Kier molecular flexibility index (Phi) is 3.79. The Morgan fingerprint density at radius 3 is 2.93 bits per heavy atom. The van der Waals surface area contributed by atoms with Gasteiger partial charge in [0, 0.05) is 25.7 Å². The van der Waals surface area contributed by atoms with E-state index in [4.69, 9.17) is 5.11 Å². The van der Waals surface area contributed by atoms with Crippen LogP contribution in [0.25, 0.3) is 0 Å². The third-order valence-corrected chi connectivity index (χ3v) is 3.66. The minimum absolute atomic E-state index is 0.391. The van der Waals surface area contributed by atoms with E-state index in [1.165, 1.54) is 45.3 Å². The normalized spacial score (nSPS) is 35.8. The highest BCUT2D eigenvalue weighted by molar-refractivity contribution is 4.83. The van der Waals surface area contributed by atoms with E-state index in [0.29, 0.717) is 12.5 Å². The minimum Gasteiger partial charge on any atom is -0.396 e. The average Bonchev–Trinajstić information content (AvgIpc) is 2.53. The topological polar surface area (TPSA) is 35.5 Å². The summed E-state index contributed by atoms with van der Waals surface area (Å²) in [4.78, 5) is 2.62. The Morgan fingerprint density at radius 2 is 2.14 bits per heavy atom. The lowest BCUT2D eigenvalue weighted by Gasteiger charge is -2.26. The van der Waals surface area contributed by atoms with Crippen LogP contribution < -0.4 is 5.32 Å². The summed E-state index contributed by atoms with van der Waals surface area (Å²) in [6.07, 6.45) is 5.02. The Hall–Kier alpha value is -0.120. The van der Waals surface area contributed by atoms with Crippen molar-refractivity contribution in [2.45, 2.75) is 31.7 Å².